The van der Waals surface area contributed by atoms with Gasteiger partial charge < -0.3 is 0 Å². The van der Waals surface area contributed by atoms with Crippen molar-refractivity contribution in [2.45, 2.75) is 12.8 Å². The summed E-state index contributed by atoms with van der Waals surface area (Å²) in [7, 11) is 2.09. The molecule has 1 nitrogen and oxygen atoms in total. The molecule has 8 heavy (non-hydrogen) atoms. The van der Waals surface area contributed by atoms with Crippen molar-refractivity contribution in [3.63, 3.8) is 0 Å². The van der Waals surface area contributed by atoms with Crippen LogP contribution in [0.4, 0.5) is 0 Å². The second-order valence-electron chi connectivity index (χ2n) is 2.37. The highest BCUT2D eigenvalue weighted by atomic mass is 15.1. The highest BCUT2D eigenvalue weighted by Crippen LogP contribution is 2.14. The van der Waals surface area contributed by atoms with E-state index in [0.717, 1.165) is 0 Å². The van der Waals surface area contributed by atoms with Crippen molar-refractivity contribution in [2.75, 3.05) is 13.6 Å². The monoisotopic (exact) mass is 110 g/mol. The molecule has 1 aliphatic heterocycles. The molecule has 0 aromatic carbocycles. The van der Waals surface area contributed by atoms with Gasteiger partial charge in [-0.05, 0) is 26.4 Å². The lowest BCUT2D eigenvalue weighted by molar-refractivity contribution is 0.376. The molecule has 1 radical (unpaired) electrons. The van der Waals surface area contributed by atoms with E-state index in [2.05, 4.69) is 25.1 Å². The molecular weight excluding hydrogens is 98.1 g/mol. The Balaban J connectivity index is 2.34. The Bertz CT molecular complexity index is 96.6. The minimum Gasteiger partial charge on any atom is -0.298 e. The zero-order valence-electron chi connectivity index (χ0n) is 5.35. The van der Waals surface area contributed by atoms with Gasteiger partial charge in [-0.2, -0.15) is 0 Å². The van der Waals surface area contributed by atoms with Gasteiger partial charge in [0.1, 0.15) is 0 Å². The second kappa shape index (κ2) is 2.31. The average molecular weight is 110 g/mol. The number of hydrogen-bond donors (Lipinski definition) is 0. The topological polar surface area (TPSA) is 3.24 Å². The number of rotatable bonds is 0. The van der Waals surface area contributed by atoms with Gasteiger partial charge in [0.2, 0.25) is 0 Å². The predicted molar refractivity (Wildman–Crippen MR) is 35.3 cm³/mol. The Morgan fingerprint density at radius 1 is 1.75 bits per heavy atom. The van der Waals surface area contributed by atoms with Crippen LogP contribution in [0, 0.1) is 6.54 Å². The summed E-state index contributed by atoms with van der Waals surface area (Å²) in [5.74, 6) is 0. The van der Waals surface area contributed by atoms with Crippen LogP contribution in [-0.4, -0.2) is 18.5 Å². The van der Waals surface area contributed by atoms with Crippen LogP contribution in [0.15, 0.2) is 12.2 Å². The fourth-order valence-electron chi connectivity index (χ4n) is 0.996. The first kappa shape index (κ1) is 5.83. The lowest BCUT2D eigenvalue weighted by Crippen LogP contribution is -2.21. The van der Waals surface area contributed by atoms with E-state index in [4.69, 9.17) is 0 Å². The van der Waals surface area contributed by atoms with E-state index in [-0.39, 0.29) is 0 Å². The highest BCUT2D eigenvalue weighted by molar-refractivity contribution is 5.09. The highest BCUT2D eigenvalue weighted by Gasteiger charge is 2.07. The van der Waals surface area contributed by atoms with Crippen LogP contribution in [0.5, 0.6) is 0 Å². The Hall–Kier alpha value is -0.300. The van der Waals surface area contributed by atoms with Gasteiger partial charge in [-0.1, -0.05) is 12.2 Å². The lowest BCUT2D eigenvalue weighted by atomic mass is 10.1. The molecule has 0 aromatic heterocycles. The van der Waals surface area contributed by atoms with Crippen LogP contribution in [0.3, 0.4) is 0 Å². The second-order valence-corrected chi connectivity index (χ2v) is 2.37. The van der Waals surface area contributed by atoms with Crippen molar-refractivity contribution in [3.05, 3.63) is 18.7 Å². The number of likely N-dealkylation sites (tertiary alicyclic amines) is 1. The van der Waals surface area contributed by atoms with Gasteiger partial charge in [-0.3, -0.25) is 4.90 Å². The SMILES string of the molecule is C=C1[CH]N(C)CCC1. The molecule has 0 atom stereocenters. The van der Waals surface area contributed by atoms with E-state index in [9.17, 15) is 0 Å². The summed E-state index contributed by atoms with van der Waals surface area (Å²) in [6.07, 6.45) is 2.45. The van der Waals surface area contributed by atoms with Gasteiger partial charge >= 0.3 is 0 Å². The van der Waals surface area contributed by atoms with Gasteiger partial charge in [-0.15, -0.1) is 0 Å². The molecule has 1 fully saturated rings. The zero-order chi connectivity index (χ0) is 5.98. The van der Waals surface area contributed by atoms with Crippen LogP contribution in [0.25, 0.3) is 0 Å². The maximum atomic E-state index is 3.87. The molecule has 45 valence electrons. The van der Waals surface area contributed by atoms with E-state index in [0.29, 0.717) is 0 Å². The molecule has 0 amide bonds. The number of hydrogen-bond acceptors (Lipinski definition) is 1. The van der Waals surface area contributed by atoms with Crippen molar-refractivity contribution in [3.8, 4) is 0 Å². The number of nitrogens with zero attached hydrogens (tertiary/aromatic N) is 1. The third kappa shape index (κ3) is 1.34. The van der Waals surface area contributed by atoms with Crippen molar-refractivity contribution in [1.29, 1.82) is 0 Å². The normalized spacial score (nSPS) is 23.9. The molecule has 0 unspecified atom stereocenters. The van der Waals surface area contributed by atoms with Crippen LogP contribution in [-0.2, 0) is 0 Å². The minimum absolute atomic E-state index is 1.18. The van der Waals surface area contributed by atoms with E-state index in [1.165, 1.54) is 25.0 Å². The summed E-state index contributed by atoms with van der Waals surface area (Å²) in [6, 6.07) is 0. The predicted octanol–water partition coefficient (Wildman–Crippen LogP) is 1.43. The van der Waals surface area contributed by atoms with Crippen LogP contribution in [0.2, 0.25) is 0 Å². The Labute approximate surface area is 51.0 Å². The third-order valence-electron chi connectivity index (χ3n) is 1.41. The average Bonchev–Trinajstić information content (AvgIpc) is 1.64. The van der Waals surface area contributed by atoms with Gasteiger partial charge in [0.25, 0.3) is 0 Å². The molecule has 0 aliphatic carbocycles. The molecule has 0 aromatic rings. The molecule has 0 spiro atoms. The Morgan fingerprint density at radius 2 is 2.50 bits per heavy atom. The van der Waals surface area contributed by atoms with Crippen LogP contribution in [0.1, 0.15) is 12.8 Å². The first-order valence-electron chi connectivity index (χ1n) is 3.02. The maximum absolute atomic E-state index is 3.87. The van der Waals surface area contributed by atoms with Crippen LogP contribution >= 0.6 is 0 Å². The molecule has 0 saturated carbocycles. The van der Waals surface area contributed by atoms with Gasteiger partial charge in [0, 0.05) is 6.54 Å². The van der Waals surface area contributed by atoms with E-state index in [1.807, 2.05) is 0 Å². The fraction of sp³-hybridized carbons (Fsp3) is 0.571. The molecule has 1 saturated heterocycles. The summed E-state index contributed by atoms with van der Waals surface area (Å²) in [5, 5.41) is 0. The third-order valence-corrected chi connectivity index (χ3v) is 1.41. The fourth-order valence-corrected chi connectivity index (χ4v) is 0.996. The molecule has 1 rings (SSSR count). The van der Waals surface area contributed by atoms with Crippen molar-refractivity contribution in [1.82, 2.24) is 4.90 Å². The van der Waals surface area contributed by atoms with Crippen molar-refractivity contribution < 1.29 is 0 Å². The smallest absolute Gasteiger partial charge is 0.0496 e. The number of piperidine rings is 1. The zero-order valence-corrected chi connectivity index (χ0v) is 5.35. The van der Waals surface area contributed by atoms with Crippen molar-refractivity contribution >= 4 is 0 Å². The Kier molecular flexibility index (Phi) is 1.69. The van der Waals surface area contributed by atoms with Gasteiger partial charge in [0.15, 0.2) is 0 Å². The molecule has 1 heteroatoms. The van der Waals surface area contributed by atoms with Crippen LogP contribution < -0.4 is 0 Å². The van der Waals surface area contributed by atoms with E-state index in [1.54, 1.807) is 0 Å². The maximum Gasteiger partial charge on any atom is 0.0496 e. The van der Waals surface area contributed by atoms with E-state index < -0.39 is 0 Å². The first-order chi connectivity index (χ1) is 3.79. The molecule has 0 N–H and O–H groups in total. The quantitative estimate of drug-likeness (QED) is 0.456. The standard InChI is InChI=1S/C7H12N/c1-7-4-3-5-8(2)6-7/h6H,1,3-5H2,2H3. The molecule has 1 aliphatic rings. The summed E-state index contributed by atoms with van der Waals surface area (Å²) in [6.45, 7) is 7.18. The summed E-state index contributed by atoms with van der Waals surface area (Å²) >= 11 is 0. The molecule has 1 heterocycles. The molecular formula is C7H12N. The Morgan fingerprint density at radius 3 is 2.88 bits per heavy atom. The van der Waals surface area contributed by atoms with Crippen molar-refractivity contribution in [2.24, 2.45) is 0 Å². The van der Waals surface area contributed by atoms with Gasteiger partial charge in [0.05, 0.1) is 0 Å². The number of likely N-dealkylation sites (N-methyl/N-ethyl adjacent to an activating group) is 1. The van der Waals surface area contributed by atoms with E-state index >= 15 is 0 Å². The van der Waals surface area contributed by atoms with Gasteiger partial charge in [-0.25, -0.2) is 0 Å². The first-order valence-corrected chi connectivity index (χ1v) is 3.02. The largest absolute Gasteiger partial charge is 0.298 e. The lowest BCUT2D eigenvalue weighted by Gasteiger charge is -2.22. The summed E-state index contributed by atoms with van der Waals surface area (Å²) in [4.78, 5) is 2.19. The minimum atomic E-state index is 1.18. The summed E-state index contributed by atoms with van der Waals surface area (Å²) < 4.78 is 0. The summed E-state index contributed by atoms with van der Waals surface area (Å²) in [5.41, 5.74) is 1.26. The molecule has 0 bridgehead atoms.